The number of carboxylic acid groups (broad SMARTS) is 1. The van der Waals surface area contributed by atoms with Crippen LogP contribution in [0.2, 0.25) is 5.02 Å². The summed E-state index contributed by atoms with van der Waals surface area (Å²) >= 11 is 5.99. The van der Waals surface area contributed by atoms with Crippen LogP contribution in [-0.4, -0.2) is 23.0 Å². The van der Waals surface area contributed by atoms with E-state index in [1.165, 1.54) is 0 Å². The Bertz CT molecular complexity index is 488. The first-order valence-electron chi connectivity index (χ1n) is 6.16. The van der Waals surface area contributed by atoms with Crippen molar-refractivity contribution in [2.45, 2.75) is 33.2 Å². The summed E-state index contributed by atoms with van der Waals surface area (Å²) in [4.78, 5) is 23.2. The molecule has 0 fully saturated rings. The van der Waals surface area contributed by atoms with Gasteiger partial charge in [0.05, 0.1) is 10.6 Å². The van der Waals surface area contributed by atoms with Crippen LogP contribution in [0.25, 0.3) is 0 Å². The van der Waals surface area contributed by atoms with E-state index in [1.807, 2.05) is 13.8 Å². The average Bonchev–Trinajstić information content (AvgIpc) is 2.34. The van der Waals surface area contributed by atoms with Gasteiger partial charge >= 0.3 is 5.97 Å². The third-order valence-corrected chi connectivity index (χ3v) is 3.45. The van der Waals surface area contributed by atoms with Crippen LogP contribution in [0.1, 0.15) is 36.2 Å². The zero-order valence-corrected chi connectivity index (χ0v) is 12.0. The Morgan fingerprint density at radius 3 is 2.53 bits per heavy atom. The Hall–Kier alpha value is -1.55. The van der Waals surface area contributed by atoms with Crippen LogP contribution in [0.3, 0.4) is 0 Å². The molecule has 0 saturated carbocycles. The number of aliphatic carboxylic acids is 1. The number of amides is 1. The van der Waals surface area contributed by atoms with Gasteiger partial charge in [0.1, 0.15) is 6.04 Å². The highest BCUT2D eigenvalue weighted by molar-refractivity contribution is 6.33. The zero-order valence-electron chi connectivity index (χ0n) is 11.2. The molecule has 1 aromatic rings. The molecule has 104 valence electrons. The second-order valence-corrected chi connectivity index (χ2v) is 5.07. The van der Waals surface area contributed by atoms with Gasteiger partial charge in [0.15, 0.2) is 0 Å². The van der Waals surface area contributed by atoms with Crippen LogP contribution in [0, 0.1) is 12.8 Å². The summed E-state index contributed by atoms with van der Waals surface area (Å²) in [5.41, 5.74) is 1.24. The molecule has 4 nitrogen and oxygen atoms in total. The zero-order chi connectivity index (χ0) is 14.6. The third-order valence-electron chi connectivity index (χ3n) is 3.13. The largest absolute Gasteiger partial charge is 0.480 e. The number of carbonyl (C=O) groups excluding carboxylic acids is 1. The van der Waals surface area contributed by atoms with Crippen molar-refractivity contribution in [1.29, 1.82) is 0 Å². The number of nitrogens with one attached hydrogen (secondary N) is 1. The van der Waals surface area contributed by atoms with E-state index in [4.69, 9.17) is 16.7 Å². The van der Waals surface area contributed by atoms with Gasteiger partial charge in [0, 0.05) is 0 Å². The summed E-state index contributed by atoms with van der Waals surface area (Å²) in [6, 6.07) is 4.13. The van der Waals surface area contributed by atoms with Crippen molar-refractivity contribution in [2.75, 3.05) is 0 Å². The van der Waals surface area contributed by atoms with Crippen molar-refractivity contribution in [3.8, 4) is 0 Å². The highest BCUT2D eigenvalue weighted by Gasteiger charge is 2.26. The molecule has 0 saturated heterocycles. The van der Waals surface area contributed by atoms with Crippen LogP contribution >= 0.6 is 11.6 Å². The molecule has 19 heavy (non-hydrogen) atoms. The first kappa shape index (κ1) is 15.5. The topological polar surface area (TPSA) is 66.4 Å². The molecular weight excluding hydrogens is 266 g/mol. The molecule has 1 amide bonds. The third kappa shape index (κ3) is 3.96. The van der Waals surface area contributed by atoms with Crippen molar-refractivity contribution in [3.63, 3.8) is 0 Å². The van der Waals surface area contributed by atoms with Gasteiger partial charge in [-0.15, -0.1) is 0 Å². The molecule has 0 aromatic heterocycles. The van der Waals surface area contributed by atoms with E-state index in [9.17, 15) is 9.59 Å². The second-order valence-electron chi connectivity index (χ2n) is 4.66. The number of halogens is 1. The SMILES string of the molecule is CCC(C)[C@H](NC(=O)c1ccc(C)cc1Cl)C(=O)O. The van der Waals surface area contributed by atoms with E-state index in [1.54, 1.807) is 25.1 Å². The second kappa shape index (κ2) is 6.57. The summed E-state index contributed by atoms with van der Waals surface area (Å²) < 4.78 is 0. The van der Waals surface area contributed by atoms with Gasteiger partial charge in [-0.1, -0.05) is 37.9 Å². The number of hydrogen-bond acceptors (Lipinski definition) is 2. The van der Waals surface area contributed by atoms with E-state index in [-0.39, 0.29) is 5.92 Å². The molecule has 0 aliphatic rings. The molecule has 1 aromatic carbocycles. The fourth-order valence-electron chi connectivity index (χ4n) is 1.71. The number of aryl methyl sites for hydroxylation is 1. The molecule has 2 N–H and O–H groups in total. The molecule has 0 bridgehead atoms. The number of carboxylic acids is 1. The summed E-state index contributed by atoms with van der Waals surface area (Å²) in [6.07, 6.45) is 0.666. The highest BCUT2D eigenvalue weighted by Crippen LogP contribution is 2.18. The fraction of sp³-hybridized carbons (Fsp3) is 0.429. The summed E-state index contributed by atoms with van der Waals surface area (Å²) in [6.45, 7) is 5.54. The Morgan fingerprint density at radius 2 is 2.05 bits per heavy atom. The molecule has 5 heteroatoms. The van der Waals surface area contributed by atoms with Crippen molar-refractivity contribution in [1.82, 2.24) is 5.32 Å². The van der Waals surface area contributed by atoms with E-state index in [2.05, 4.69) is 5.32 Å². The molecular formula is C14H18ClNO3. The number of benzene rings is 1. The van der Waals surface area contributed by atoms with Crippen molar-refractivity contribution in [3.05, 3.63) is 34.3 Å². The average molecular weight is 284 g/mol. The lowest BCUT2D eigenvalue weighted by Gasteiger charge is -2.20. The molecule has 0 radical (unpaired) electrons. The van der Waals surface area contributed by atoms with Gasteiger partial charge in [-0.25, -0.2) is 4.79 Å². The number of rotatable bonds is 5. The van der Waals surface area contributed by atoms with E-state index in [0.717, 1.165) is 5.56 Å². The highest BCUT2D eigenvalue weighted by atomic mass is 35.5. The fourth-order valence-corrected chi connectivity index (χ4v) is 2.03. The maximum absolute atomic E-state index is 12.1. The predicted molar refractivity (Wildman–Crippen MR) is 74.5 cm³/mol. The van der Waals surface area contributed by atoms with Crippen molar-refractivity contribution in [2.24, 2.45) is 5.92 Å². The Labute approximate surface area is 117 Å². The maximum Gasteiger partial charge on any atom is 0.326 e. The lowest BCUT2D eigenvalue weighted by Crippen LogP contribution is -2.45. The molecule has 0 spiro atoms. The van der Waals surface area contributed by atoms with E-state index >= 15 is 0 Å². The predicted octanol–water partition coefficient (Wildman–Crippen LogP) is 2.88. The number of carbonyl (C=O) groups is 2. The first-order valence-corrected chi connectivity index (χ1v) is 6.54. The van der Waals surface area contributed by atoms with Gasteiger partial charge < -0.3 is 10.4 Å². The molecule has 0 heterocycles. The number of hydrogen-bond donors (Lipinski definition) is 2. The maximum atomic E-state index is 12.1. The normalized spacial score (nSPS) is 13.7. The van der Waals surface area contributed by atoms with E-state index < -0.39 is 17.9 Å². The van der Waals surface area contributed by atoms with Crippen LogP contribution < -0.4 is 5.32 Å². The standard InChI is InChI=1S/C14H18ClNO3/c1-4-9(3)12(14(18)19)16-13(17)10-6-5-8(2)7-11(10)15/h5-7,9,12H,4H2,1-3H3,(H,16,17)(H,18,19)/t9?,12-/m0/s1. The van der Waals surface area contributed by atoms with Gasteiger partial charge in [0.2, 0.25) is 0 Å². The molecule has 2 atom stereocenters. The summed E-state index contributed by atoms with van der Waals surface area (Å²) in [5, 5.41) is 12.0. The monoisotopic (exact) mass is 283 g/mol. The van der Waals surface area contributed by atoms with Crippen LogP contribution in [0.4, 0.5) is 0 Å². The first-order chi connectivity index (χ1) is 8.86. The van der Waals surface area contributed by atoms with Crippen LogP contribution in [0.15, 0.2) is 18.2 Å². The lowest BCUT2D eigenvalue weighted by molar-refractivity contribution is -0.140. The minimum Gasteiger partial charge on any atom is -0.480 e. The molecule has 1 rings (SSSR count). The summed E-state index contributed by atoms with van der Waals surface area (Å²) in [7, 11) is 0. The Kier molecular flexibility index (Phi) is 5.36. The molecule has 0 aliphatic carbocycles. The smallest absolute Gasteiger partial charge is 0.326 e. The van der Waals surface area contributed by atoms with Crippen LogP contribution in [0.5, 0.6) is 0 Å². The minimum absolute atomic E-state index is 0.148. The summed E-state index contributed by atoms with van der Waals surface area (Å²) in [5.74, 6) is -1.64. The van der Waals surface area contributed by atoms with Gasteiger partial charge in [-0.05, 0) is 30.5 Å². The van der Waals surface area contributed by atoms with Gasteiger partial charge in [-0.2, -0.15) is 0 Å². The minimum atomic E-state index is -1.04. The Morgan fingerprint density at radius 1 is 1.42 bits per heavy atom. The Balaban J connectivity index is 2.91. The van der Waals surface area contributed by atoms with Crippen molar-refractivity contribution < 1.29 is 14.7 Å². The van der Waals surface area contributed by atoms with Gasteiger partial charge in [-0.3, -0.25) is 4.79 Å². The van der Waals surface area contributed by atoms with Crippen molar-refractivity contribution >= 4 is 23.5 Å². The van der Waals surface area contributed by atoms with Crippen LogP contribution in [-0.2, 0) is 4.79 Å². The quantitative estimate of drug-likeness (QED) is 0.873. The molecule has 0 aliphatic heterocycles. The lowest BCUT2D eigenvalue weighted by atomic mass is 9.99. The van der Waals surface area contributed by atoms with E-state index in [0.29, 0.717) is 17.0 Å². The molecule has 1 unspecified atom stereocenters. The van der Waals surface area contributed by atoms with Gasteiger partial charge in [0.25, 0.3) is 5.91 Å².